The Morgan fingerprint density at radius 3 is 2.84 bits per heavy atom. The fourth-order valence-corrected chi connectivity index (χ4v) is 1.99. The molecule has 1 aliphatic heterocycles. The first-order valence-corrected chi connectivity index (χ1v) is 6.43. The molecule has 1 aromatic carbocycles. The average Bonchev–Trinajstić information content (AvgIpc) is 2.44. The molecule has 0 aliphatic carbocycles. The quantitative estimate of drug-likeness (QED) is 0.786. The lowest BCUT2D eigenvalue weighted by atomic mass is 10.1. The molecule has 3 nitrogen and oxygen atoms in total. The Morgan fingerprint density at radius 2 is 2.21 bits per heavy atom. The molecule has 1 heterocycles. The van der Waals surface area contributed by atoms with Crippen LogP contribution in [0.25, 0.3) is 0 Å². The highest BCUT2D eigenvalue weighted by molar-refractivity contribution is 5.98. The van der Waals surface area contributed by atoms with Gasteiger partial charge >= 0.3 is 0 Å². The summed E-state index contributed by atoms with van der Waals surface area (Å²) in [7, 11) is 0. The third-order valence-corrected chi connectivity index (χ3v) is 3.06. The van der Waals surface area contributed by atoms with Crippen LogP contribution in [-0.4, -0.2) is 18.7 Å². The zero-order valence-corrected chi connectivity index (χ0v) is 10.7. The van der Waals surface area contributed by atoms with Crippen LogP contribution in [0.15, 0.2) is 12.1 Å². The van der Waals surface area contributed by atoms with Crippen LogP contribution < -0.4 is 4.74 Å². The maximum absolute atomic E-state index is 13.8. The monoisotopic (exact) mass is 270 g/mol. The molecule has 1 atom stereocenters. The number of rotatable bonds is 4. The van der Waals surface area contributed by atoms with Crippen molar-refractivity contribution in [3.8, 4) is 5.75 Å². The van der Waals surface area contributed by atoms with Gasteiger partial charge in [0, 0.05) is 12.8 Å². The second-order valence-corrected chi connectivity index (χ2v) is 4.43. The summed E-state index contributed by atoms with van der Waals surface area (Å²) < 4.78 is 37.8. The molecule has 19 heavy (non-hydrogen) atoms. The molecular formula is C14H16F2O3. The molecule has 1 saturated heterocycles. The number of carbonyl (C=O) groups excluding carboxylic acids is 1. The first-order valence-electron chi connectivity index (χ1n) is 6.43. The lowest BCUT2D eigenvalue weighted by Crippen LogP contribution is -2.26. The molecule has 1 aliphatic rings. The molecule has 0 bridgehead atoms. The van der Waals surface area contributed by atoms with Crippen molar-refractivity contribution in [2.45, 2.75) is 38.9 Å². The Hall–Kier alpha value is -1.49. The van der Waals surface area contributed by atoms with Gasteiger partial charge in [0.1, 0.15) is 0 Å². The predicted octanol–water partition coefficient (Wildman–Crippen LogP) is 3.46. The van der Waals surface area contributed by atoms with Gasteiger partial charge in [-0.1, -0.05) is 6.92 Å². The number of Topliss-reactive ketones (excluding diaryl/α,β-unsaturated/α-hetero) is 1. The standard InChI is InChI=1S/C14H16F2O3/c1-2-11(17)9-6-7-10(15)13(16)14(9)19-12-5-3-4-8-18-12/h6-7,12H,2-5,8H2,1H3. The SMILES string of the molecule is CCC(=O)c1ccc(F)c(F)c1OC1CCCCO1. The second kappa shape index (κ2) is 6.10. The minimum atomic E-state index is -1.13. The molecular weight excluding hydrogens is 254 g/mol. The van der Waals surface area contributed by atoms with Crippen molar-refractivity contribution in [1.82, 2.24) is 0 Å². The number of halogens is 2. The van der Waals surface area contributed by atoms with Crippen LogP contribution in [0, 0.1) is 11.6 Å². The molecule has 2 rings (SSSR count). The molecule has 0 aromatic heterocycles. The Balaban J connectivity index is 2.29. The average molecular weight is 270 g/mol. The smallest absolute Gasteiger partial charge is 0.201 e. The Kier molecular flexibility index (Phi) is 4.47. The highest BCUT2D eigenvalue weighted by atomic mass is 19.2. The zero-order valence-electron chi connectivity index (χ0n) is 10.7. The molecule has 0 N–H and O–H groups in total. The maximum atomic E-state index is 13.8. The van der Waals surface area contributed by atoms with Crippen molar-refractivity contribution >= 4 is 5.78 Å². The van der Waals surface area contributed by atoms with Gasteiger partial charge in [-0.05, 0) is 25.0 Å². The van der Waals surface area contributed by atoms with Gasteiger partial charge in [0.25, 0.3) is 0 Å². The van der Waals surface area contributed by atoms with E-state index in [0.717, 1.165) is 18.9 Å². The van der Waals surface area contributed by atoms with Gasteiger partial charge in [-0.15, -0.1) is 0 Å². The van der Waals surface area contributed by atoms with Crippen LogP contribution in [0.1, 0.15) is 43.0 Å². The third kappa shape index (κ3) is 3.10. The van der Waals surface area contributed by atoms with E-state index in [1.165, 1.54) is 6.07 Å². The van der Waals surface area contributed by atoms with Crippen LogP contribution in [0.4, 0.5) is 8.78 Å². The predicted molar refractivity (Wildman–Crippen MR) is 65.2 cm³/mol. The summed E-state index contributed by atoms with van der Waals surface area (Å²) in [5.74, 6) is -2.78. The Bertz CT molecular complexity index is 468. The van der Waals surface area contributed by atoms with Crippen molar-refractivity contribution in [3.05, 3.63) is 29.3 Å². The fraction of sp³-hybridized carbons (Fsp3) is 0.500. The van der Waals surface area contributed by atoms with Crippen LogP contribution in [0.2, 0.25) is 0 Å². The summed E-state index contributed by atoms with van der Waals surface area (Å²) in [6, 6.07) is 2.19. The van der Waals surface area contributed by atoms with E-state index in [-0.39, 0.29) is 23.5 Å². The van der Waals surface area contributed by atoms with Gasteiger partial charge in [0.2, 0.25) is 5.82 Å². The highest BCUT2D eigenvalue weighted by Crippen LogP contribution is 2.29. The normalized spacial score (nSPS) is 19.2. The van der Waals surface area contributed by atoms with Gasteiger partial charge in [-0.3, -0.25) is 4.79 Å². The van der Waals surface area contributed by atoms with E-state index >= 15 is 0 Å². The topological polar surface area (TPSA) is 35.5 Å². The molecule has 1 unspecified atom stereocenters. The third-order valence-electron chi connectivity index (χ3n) is 3.06. The summed E-state index contributed by atoms with van der Waals surface area (Å²) in [4.78, 5) is 11.7. The summed E-state index contributed by atoms with van der Waals surface area (Å²) in [5, 5.41) is 0. The van der Waals surface area contributed by atoms with Crippen molar-refractivity contribution < 1.29 is 23.0 Å². The van der Waals surface area contributed by atoms with Gasteiger partial charge in [0.15, 0.2) is 23.6 Å². The van der Waals surface area contributed by atoms with E-state index in [1.54, 1.807) is 6.92 Å². The van der Waals surface area contributed by atoms with Crippen LogP contribution >= 0.6 is 0 Å². The van der Waals surface area contributed by atoms with Crippen molar-refractivity contribution in [3.63, 3.8) is 0 Å². The minimum Gasteiger partial charge on any atom is -0.461 e. The molecule has 0 radical (unpaired) electrons. The maximum Gasteiger partial charge on any atom is 0.201 e. The highest BCUT2D eigenvalue weighted by Gasteiger charge is 2.23. The van der Waals surface area contributed by atoms with Crippen molar-refractivity contribution in [2.24, 2.45) is 0 Å². The lowest BCUT2D eigenvalue weighted by Gasteiger charge is -2.24. The molecule has 0 spiro atoms. The molecule has 104 valence electrons. The second-order valence-electron chi connectivity index (χ2n) is 4.43. The van der Waals surface area contributed by atoms with E-state index in [1.807, 2.05) is 0 Å². The molecule has 0 amide bonds. The minimum absolute atomic E-state index is 0.0653. The van der Waals surface area contributed by atoms with Crippen LogP contribution in [-0.2, 0) is 4.74 Å². The Morgan fingerprint density at radius 1 is 1.42 bits per heavy atom. The summed E-state index contributed by atoms with van der Waals surface area (Å²) in [6.07, 6.45) is 2.02. The van der Waals surface area contributed by atoms with Gasteiger partial charge in [0.05, 0.1) is 12.2 Å². The van der Waals surface area contributed by atoms with E-state index in [4.69, 9.17) is 9.47 Å². The number of carbonyl (C=O) groups is 1. The summed E-state index contributed by atoms with van der Waals surface area (Å²) in [5.41, 5.74) is 0.0653. The van der Waals surface area contributed by atoms with Crippen molar-refractivity contribution in [2.75, 3.05) is 6.61 Å². The molecule has 5 heteroatoms. The van der Waals surface area contributed by atoms with Gasteiger partial charge < -0.3 is 9.47 Å². The first kappa shape index (κ1) is 13.9. The largest absolute Gasteiger partial charge is 0.461 e. The number of hydrogen-bond acceptors (Lipinski definition) is 3. The van der Waals surface area contributed by atoms with Gasteiger partial charge in [-0.2, -0.15) is 4.39 Å². The first-order chi connectivity index (χ1) is 9.13. The Labute approximate surface area is 110 Å². The molecule has 0 saturated carbocycles. The number of ether oxygens (including phenoxy) is 2. The molecule has 1 fully saturated rings. The summed E-state index contributed by atoms with van der Waals surface area (Å²) in [6.45, 7) is 2.18. The van der Waals surface area contributed by atoms with Gasteiger partial charge in [-0.25, -0.2) is 4.39 Å². The van der Waals surface area contributed by atoms with E-state index < -0.39 is 17.9 Å². The lowest BCUT2D eigenvalue weighted by molar-refractivity contribution is -0.107. The van der Waals surface area contributed by atoms with Crippen molar-refractivity contribution in [1.29, 1.82) is 0 Å². The zero-order chi connectivity index (χ0) is 13.8. The van der Waals surface area contributed by atoms with Crippen LogP contribution in [0.5, 0.6) is 5.75 Å². The number of benzene rings is 1. The van der Waals surface area contributed by atoms with E-state index in [9.17, 15) is 13.6 Å². The summed E-state index contributed by atoms with van der Waals surface area (Å²) >= 11 is 0. The van der Waals surface area contributed by atoms with E-state index in [2.05, 4.69) is 0 Å². The van der Waals surface area contributed by atoms with Crippen LogP contribution in [0.3, 0.4) is 0 Å². The fourth-order valence-electron chi connectivity index (χ4n) is 1.99. The van der Waals surface area contributed by atoms with E-state index in [0.29, 0.717) is 13.0 Å². The molecule has 1 aromatic rings. The number of hydrogen-bond donors (Lipinski definition) is 0. The number of ketones is 1.